The number of nitriles is 1. The van der Waals surface area contributed by atoms with Gasteiger partial charge in [0.1, 0.15) is 0 Å². The van der Waals surface area contributed by atoms with E-state index in [2.05, 4.69) is 0 Å². The summed E-state index contributed by atoms with van der Waals surface area (Å²) in [7, 11) is 0. The average Bonchev–Trinajstić information content (AvgIpc) is 2.89. The number of halogens is 8. The van der Waals surface area contributed by atoms with Crippen LogP contribution in [0.5, 0.6) is 0 Å². The Labute approximate surface area is 141 Å². The largest absolute Gasteiger partial charge is 0.417 e. The van der Waals surface area contributed by atoms with Crippen LogP contribution in [0.15, 0.2) is 18.2 Å². The molecule has 1 aliphatic heterocycles. The van der Waals surface area contributed by atoms with E-state index >= 15 is 0 Å². The highest BCUT2D eigenvalue weighted by Crippen LogP contribution is 2.64. The summed E-state index contributed by atoms with van der Waals surface area (Å²) in [6, 6.07) is 1.37. The number of benzene rings is 1. The summed E-state index contributed by atoms with van der Waals surface area (Å²) >= 11 is 0. The van der Waals surface area contributed by atoms with Crippen molar-refractivity contribution in [1.82, 2.24) is 0 Å². The minimum Gasteiger partial charge on any atom is -0.382 e. The second kappa shape index (κ2) is 5.45. The third-order valence-corrected chi connectivity index (χ3v) is 4.80. The van der Waals surface area contributed by atoms with E-state index in [4.69, 9.17) is 5.26 Å². The molecule has 0 unspecified atom stereocenters. The zero-order valence-electron chi connectivity index (χ0n) is 12.6. The van der Waals surface area contributed by atoms with E-state index in [1.54, 1.807) is 0 Å². The highest BCUT2D eigenvalue weighted by molar-refractivity contribution is 5.58. The summed E-state index contributed by atoms with van der Waals surface area (Å²) < 4.78 is 105. The predicted molar refractivity (Wildman–Crippen MR) is 71.3 cm³/mol. The Balaban J connectivity index is 2.02. The molecule has 2 fully saturated rings. The summed E-state index contributed by atoms with van der Waals surface area (Å²) in [6.45, 7) is -0.626. The van der Waals surface area contributed by atoms with Crippen molar-refractivity contribution in [3.05, 3.63) is 29.3 Å². The number of hydrogen-bond donors (Lipinski definition) is 1. The van der Waals surface area contributed by atoms with E-state index < -0.39 is 65.6 Å². The van der Waals surface area contributed by atoms with Crippen molar-refractivity contribution in [2.24, 2.45) is 11.8 Å². The molecule has 1 heterocycles. The molecule has 3 nitrogen and oxygen atoms in total. The van der Waals surface area contributed by atoms with Gasteiger partial charge < -0.3 is 10.0 Å². The minimum atomic E-state index is -5.21. The Hall–Kier alpha value is -2.09. The van der Waals surface area contributed by atoms with Gasteiger partial charge in [-0.2, -0.15) is 31.6 Å². The molecule has 1 aliphatic carbocycles. The number of rotatable bonds is 2. The molecular weight excluding hydrogens is 376 g/mol. The van der Waals surface area contributed by atoms with Crippen LogP contribution in [0.25, 0.3) is 0 Å². The SMILES string of the molecule is N#Cc1ccc(N2C[C@@H]3[C@H]([C@@H]2[C@@H](O)C(F)(F)F)C3(F)F)cc1C(F)(F)F. The first kappa shape index (κ1) is 18.7. The van der Waals surface area contributed by atoms with Gasteiger partial charge in [0, 0.05) is 12.2 Å². The molecule has 1 saturated carbocycles. The zero-order chi connectivity index (χ0) is 19.7. The summed E-state index contributed by atoms with van der Waals surface area (Å²) in [4.78, 5) is 0.710. The molecule has 11 heteroatoms. The number of nitrogens with zero attached hydrogens (tertiary/aromatic N) is 2. The summed E-state index contributed by atoms with van der Waals surface area (Å²) in [5.41, 5.74) is -2.54. The van der Waals surface area contributed by atoms with Crippen LogP contribution < -0.4 is 4.90 Å². The van der Waals surface area contributed by atoms with Gasteiger partial charge in [-0.15, -0.1) is 0 Å². The van der Waals surface area contributed by atoms with Crippen LogP contribution >= 0.6 is 0 Å². The quantitative estimate of drug-likeness (QED) is 0.791. The van der Waals surface area contributed by atoms with Crippen molar-refractivity contribution >= 4 is 5.69 Å². The lowest BCUT2D eigenvalue weighted by Gasteiger charge is -2.35. The molecule has 0 spiro atoms. The van der Waals surface area contributed by atoms with E-state index in [1.807, 2.05) is 0 Å². The van der Waals surface area contributed by atoms with E-state index in [9.17, 15) is 40.2 Å². The first-order valence-corrected chi connectivity index (χ1v) is 7.30. The monoisotopic (exact) mass is 386 g/mol. The third kappa shape index (κ3) is 2.76. The predicted octanol–water partition coefficient (Wildman–Crippen LogP) is 3.57. The van der Waals surface area contributed by atoms with Crippen LogP contribution in [0.1, 0.15) is 11.1 Å². The Morgan fingerprint density at radius 1 is 1.19 bits per heavy atom. The van der Waals surface area contributed by atoms with E-state index in [0.717, 1.165) is 12.1 Å². The molecule has 0 amide bonds. The van der Waals surface area contributed by atoms with Gasteiger partial charge in [-0.25, -0.2) is 8.78 Å². The van der Waals surface area contributed by atoms with Gasteiger partial charge in [0.05, 0.1) is 35.1 Å². The minimum absolute atomic E-state index is 0.410. The molecule has 1 saturated heterocycles. The number of anilines is 1. The van der Waals surface area contributed by atoms with Crippen molar-refractivity contribution in [1.29, 1.82) is 5.26 Å². The normalized spacial score (nSPS) is 28.5. The van der Waals surface area contributed by atoms with Crippen molar-refractivity contribution in [2.75, 3.05) is 11.4 Å². The van der Waals surface area contributed by atoms with Gasteiger partial charge in [-0.05, 0) is 18.2 Å². The molecular formula is C15H10F8N2O. The molecule has 4 atom stereocenters. The number of aliphatic hydroxyl groups excluding tert-OH is 1. The fourth-order valence-corrected chi connectivity index (χ4v) is 3.53. The van der Waals surface area contributed by atoms with Crippen LogP contribution in [0.3, 0.4) is 0 Å². The fraction of sp³-hybridized carbons (Fsp3) is 0.533. The van der Waals surface area contributed by atoms with E-state index in [0.29, 0.717) is 11.0 Å². The first-order chi connectivity index (χ1) is 11.8. The average molecular weight is 386 g/mol. The van der Waals surface area contributed by atoms with Crippen molar-refractivity contribution < 1.29 is 40.2 Å². The summed E-state index contributed by atoms with van der Waals surface area (Å²) in [5, 5.41) is 18.3. The van der Waals surface area contributed by atoms with Crippen LogP contribution in [-0.4, -0.2) is 35.9 Å². The van der Waals surface area contributed by atoms with Gasteiger partial charge in [0.25, 0.3) is 5.92 Å². The number of piperidine rings is 1. The van der Waals surface area contributed by atoms with Gasteiger partial charge >= 0.3 is 12.4 Å². The highest BCUT2D eigenvalue weighted by Gasteiger charge is 2.78. The first-order valence-electron chi connectivity index (χ1n) is 7.30. The number of aliphatic hydroxyl groups is 1. The molecule has 142 valence electrons. The molecule has 0 bridgehead atoms. The third-order valence-electron chi connectivity index (χ3n) is 4.80. The van der Waals surface area contributed by atoms with Gasteiger partial charge in [0.2, 0.25) is 0 Å². The second-order valence-corrected chi connectivity index (χ2v) is 6.28. The topological polar surface area (TPSA) is 47.3 Å². The van der Waals surface area contributed by atoms with Gasteiger partial charge in [0.15, 0.2) is 6.10 Å². The van der Waals surface area contributed by atoms with Crippen molar-refractivity contribution in [3.63, 3.8) is 0 Å². The maximum atomic E-state index is 13.6. The van der Waals surface area contributed by atoms with Crippen LogP contribution in [0, 0.1) is 23.2 Å². The highest BCUT2D eigenvalue weighted by atomic mass is 19.4. The lowest BCUT2D eigenvalue weighted by molar-refractivity contribution is -0.212. The maximum Gasteiger partial charge on any atom is 0.417 e. The van der Waals surface area contributed by atoms with Crippen molar-refractivity contribution in [3.8, 4) is 6.07 Å². The van der Waals surface area contributed by atoms with Crippen LogP contribution in [0.4, 0.5) is 40.8 Å². The summed E-state index contributed by atoms with van der Waals surface area (Å²) in [5.74, 6) is -6.69. The fourth-order valence-electron chi connectivity index (χ4n) is 3.53. The number of fused-ring (bicyclic) bond motifs is 1. The molecule has 1 aromatic rings. The summed E-state index contributed by atoms with van der Waals surface area (Å²) in [6.07, 6.45) is -13.3. The Kier molecular flexibility index (Phi) is 3.92. The molecule has 2 aliphatic rings. The molecule has 3 rings (SSSR count). The van der Waals surface area contributed by atoms with E-state index in [-0.39, 0.29) is 0 Å². The molecule has 0 radical (unpaired) electrons. The standard InChI is InChI=1S/C15H10F8N2O/c16-13(17)9-5-25(11(10(9)13)12(26)15(21,22)23)7-2-1-6(4-24)8(3-7)14(18,19)20/h1-3,9-12,26H,5H2/t9-,10-,11-,12-/m1/s1. The Bertz CT molecular complexity index is 766. The Morgan fingerprint density at radius 3 is 2.31 bits per heavy atom. The van der Waals surface area contributed by atoms with E-state index in [1.165, 1.54) is 6.07 Å². The zero-order valence-corrected chi connectivity index (χ0v) is 12.6. The number of hydrogen-bond acceptors (Lipinski definition) is 3. The molecule has 26 heavy (non-hydrogen) atoms. The van der Waals surface area contributed by atoms with Crippen LogP contribution in [0.2, 0.25) is 0 Å². The van der Waals surface area contributed by atoms with Crippen molar-refractivity contribution in [2.45, 2.75) is 30.4 Å². The molecule has 1 N–H and O–H groups in total. The van der Waals surface area contributed by atoms with Crippen LogP contribution in [-0.2, 0) is 6.18 Å². The lowest BCUT2D eigenvalue weighted by atomic mass is 10.0. The van der Waals surface area contributed by atoms with Gasteiger partial charge in [-0.1, -0.05) is 0 Å². The lowest BCUT2D eigenvalue weighted by Crippen LogP contribution is -2.51. The molecule has 0 aromatic heterocycles. The van der Waals surface area contributed by atoms with Gasteiger partial charge in [-0.3, -0.25) is 0 Å². The number of alkyl halides is 8. The molecule has 1 aromatic carbocycles. The maximum absolute atomic E-state index is 13.6. The Morgan fingerprint density at radius 2 is 1.81 bits per heavy atom. The second-order valence-electron chi connectivity index (χ2n) is 6.28. The smallest absolute Gasteiger partial charge is 0.382 e.